The molecule has 1 unspecified atom stereocenters. The van der Waals surface area contributed by atoms with E-state index >= 15 is 0 Å². The molecule has 0 radical (unpaired) electrons. The number of carbonyl (C=O) groups is 1. The maximum absolute atomic E-state index is 12.8. The summed E-state index contributed by atoms with van der Waals surface area (Å²) in [6, 6.07) is 2.76. The van der Waals surface area contributed by atoms with Crippen molar-refractivity contribution in [2.45, 2.75) is 18.8 Å². The van der Waals surface area contributed by atoms with E-state index in [0.717, 1.165) is 12.1 Å². The first-order chi connectivity index (χ1) is 9.93. The molecular weight excluding hydrogens is 380 g/mol. The Balaban J connectivity index is 2.49. The van der Waals surface area contributed by atoms with E-state index in [1.54, 1.807) is 0 Å². The summed E-state index contributed by atoms with van der Waals surface area (Å²) >= 11 is 2.72. The van der Waals surface area contributed by atoms with Gasteiger partial charge in [-0.3, -0.25) is 4.79 Å². The van der Waals surface area contributed by atoms with Crippen LogP contribution in [-0.4, -0.2) is 12.0 Å². The van der Waals surface area contributed by atoms with Crippen molar-refractivity contribution in [3.05, 3.63) is 39.5 Å². The summed E-state index contributed by atoms with van der Waals surface area (Å²) in [6.07, 6.45) is -10.2. The van der Waals surface area contributed by atoms with Crippen LogP contribution < -0.4 is 5.73 Å². The molecule has 0 saturated carbocycles. The Morgan fingerprint density at radius 2 is 1.73 bits per heavy atom. The van der Waals surface area contributed by atoms with Crippen LogP contribution >= 0.6 is 15.9 Å². The number of alkyl halides is 6. The molecule has 0 spiro atoms. The number of carbonyl (C=O) groups excluding carboxylic acids is 1. The zero-order valence-corrected chi connectivity index (χ0v) is 12.2. The largest absolute Gasteiger partial charge is 0.417 e. The number of benzene rings is 1. The van der Waals surface area contributed by atoms with Gasteiger partial charge in [0.1, 0.15) is 5.92 Å². The van der Waals surface area contributed by atoms with Crippen molar-refractivity contribution in [1.29, 1.82) is 0 Å². The summed E-state index contributed by atoms with van der Waals surface area (Å²) in [5, 5.41) is 0. The second kappa shape index (κ2) is 5.29. The summed E-state index contributed by atoms with van der Waals surface area (Å²) in [4.78, 5) is 11.9. The van der Waals surface area contributed by atoms with Crippen LogP contribution in [0.25, 0.3) is 5.57 Å². The third kappa shape index (κ3) is 2.99. The van der Waals surface area contributed by atoms with Crippen molar-refractivity contribution in [3.63, 3.8) is 0 Å². The summed E-state index contributed by atoms with van der Waals surface area (Å²) in [5.74, 6) is -3.61. The predicted octanol–water partition coefficient (Wildman–Crippen LogP) is 4.29. The molecule has 1 aromatic rings. The number of allylic oxidation sites excluding steroid dienone is 2. The number of halogens is 7. The fourth-order valence-corrected chi connectivity index (χ4v) is 2.71. The molecule has 0 aromatic heterocycles. The number of rotatable bonds is 1. The molecule has 1 aliphatic carbocycles. The highest BCUT2D eigenvalue weighted by Gasteiger charge is 2.50. The Bertz CT molecular complexity index is 661. The Hall–Kier alpha value is -1.51. The average molecular weight is 388 g/mol. The van der Waals surface area contributed by atoms with Crippen LogP contribution in [0.4, 0.5) is 26.3 Å². The Morgan fingerprint density at radius 3 is 2.18 bits per heavy atom. The van der Waals surface area contributed by atoms with E-state index in [1.807, 2.05) is 0 Å². The zero-order valence-electron chi connectivity index (χ0n) is 10.6. The number of hydrogen-bond acceptors (Lipinski definition) is 2. The van der Waals surface area contributed by atoms with Gasteiger partial charge in [0.25, 0.3) is 0 Å². The topological polar surface area (TPSA) is 43.1 Å². The van der Waals surface area contributed by atoms with Crippen molar-refractivity contribution < 1.29 is 31.1 Å². The second-order valence-electron chi connectivity index (χ2n) is 4.76. The van der Waals surface area contributed by atoms with Gasteiger partial charge in [-0.1, -0.05) is 22.0 Å². The van der Waals surface area contributed by atoms with E-state index in [0.29, 0.717) is 6.07 Å². The molecule has 1 aliphatic rings. The molecule has 1 atom stereocenters. The molecule has 9 heteroatoms. The van der Waals surface area contributed by atoms with Crippen LogP contribution in [0, 0.1) is 5.92 Å². The van der Waals surface area contributed by atoms with E-state index < -0.39 is 41.6 Å². The normalized spacial score (nSPS) is 20.0. The average Bonchev–Trinajstić information content (AvgIpc) is 2.64. The van der Waals surface area contributed by atoms with Gasteiger partial charge < -0.3 is 5.73 Å². The van der Waals surface area contributed by atoms with Crippen molar-refractivity contribution >= 4 is 27.3 Å². The van der Waals surface area contributed by atoms with Crippen molar-refractivity contribution in [1.82, 2.24) is 0 Å². The lowest BCUT2D eigenvalue weighted by Gasteiger charge is -2.14. The lowest BCUT2D eigenvalue weighted by Crippen LogP contribution is -2.27. The van der Waals surface area contributed by atoms with Crippen molar-refractivity contribution in [3.8, 4) is 0 Å². The van der Waals surface area contributed by atoms with Gasteiger partial charge >= 0.3 is 12.4 Å². The first-order valence-corrected chi connectivity index (χ1v) is 6.69. The van der Waals surface area contributed by atoms with Gasteiger partial charge in [0.2, 0.25) is 0 Å². The van der Waals surface area contributed by atoms with E-state index in [-0.39, 0.29) is 15.7 Å². The molecule has 2 nitrogen and oxygen atoms in total. The second-order valence-corrected chi connectivity index (χ2v) is 5.61. The molecule has 22 heavy (non-hydrogen) atoms. The van der Waals surface area contributed by atoms with E-state index in [4.69, 9.17) is 5.73 Å². The van der Waals surface area contributed by atoms with Crippen molar-refractivity contribution in [2.75, 3.05) is 0 Å². The minimum atomic E-state index is -4.79. The lowest BCUT2D eigenvalue weighted by atomic mass is 9.97. The number of hydrogen-bond donors (Lipinski definition) is 1. The monoisotopic (exact) mass is 387 g/mol. The zero-order chi connectivity index (χ0) is 16.9. The van der Waals surface area contributed by atoms with Gasteiger partial charge in [0, 0.05) is 22.2 Å². The van der Waals surface area contributed by atoms with Gasteiger partial charge in [-0.25, -0.2) is 0 Å². The highest BCUT2D eigenvalue weighted by atomic mass is 79.9. The smallest absolute Gasteiger partial charge is 0.401 e. The van der Waals surface area contributed by atoms with Crippen LogP contribution in [0.1, 0.15) is 17.5 Å². The SMILES string of the molecule is NC1=C(c2ccc(Br)c(C(F)(F)F)c2)C(=O)C(C(F)(F)F)C1. The summed E-state index contributed by atoms with van der Waals surface area (Å²) in [7, 11) is 0. The first kappa shape index (κ1) is 16.9. The van der Waals surface area contributed by atoms with Gasteiger partial charge in [0.15, 0.2) is 5.78 Å². The summed E-state index contributed by atoms with van der Waals surface area (Å²) in [5.41, 5.74) is 3.23. The van der Waals surface area contributed by atoms with Crippen LogP contribution in [-0.2, 0) is 11.0 Å². The minimum Gasteiger partial charge on any atom is -0.401 e. The van der Waals surface area contributed by atoms with E-state index in [2.05, 4.69) is 15.9 Å². The number of ketones is 1. The highest BCUT2D eigenvalue weighted by molar-refractivity contribution is 9.10. The van der Waals surface area contributed by atoms with Crippen molar-refractivity contribution in [2.24, 2.45) is 11.7 Å². The predicted molar refractivity (Wildman–Crippen MR) is 69.4 cm³/mol. The molecule has 2 N–H and O–H groups in total. The molecule has 2 rings (SSSR count). The lowest BCUT2D eigenvalue weighted by molar-refractivity contribution is -0.176. The molecule has 120 valence electrons. The van der Waals surface area contributed by atoms with E-state index in [1.165, 1.54) is 0 Å². The maximum atomic E-state index is 12.8. The van der Waals surface area contributed by atoms with Gasteiger partial charge in [-0.05, 0) is 17.7 Å². The quantitative estimate of drug-likeness (QED) is 0.730. The molecule has 1 aromatic carbocycles. The molecule has 0 heterocycles. The van der Waals surface area contributed by atoms with Crippen LogP contribution in [0.2, 0.25) is 0 Å². The van der Waals surface area contributed by atoms with Gasteiger partial charge in [0.05, 0.1) is 5.56 Å². The third-order valence-corrected chi connectivity index (χ3v) is 3.96. The standard InChI is InChI=1S/C13H8BrF6NO/c14-8-2-1-5(3-6(8)12(15,16)17)10-9(21)4-7(11(10)22)13(18,19)20/h1-3,7H,4,21H2. The first-order valence-electron chi connectivity index (χ1n) is 5.89. The Morgan fingerprint density at radius 1 is 1.14 bits per heavy atom. The Kier molecular flexibility index (Phi) is 4.05. The van der Waals surface area contributed by atoms with Crippen LogP contribution in [0.5, 0.6) is 0 Å². The molecule has 0 bridgehead atoms. The van der Waals surface area contributed by atoms with Crippen LogP contribution in [0.15, 0.2) is 28.4 Å². The molecular formula is C13H8BrF6NO. The maximum Gasteiger partial charge on any atom is 0.417 e. The van der Waals surface area contributed by atoms with E-state index in [9.17, 15) is 31.1 Å². The summed E-state index contributed by atoms with van der Waals surface area (Å²) < 4.78 is 76.4. The molecule has 0 fully saturated rings. The third-order valence-electron chi connectivity index (χ3n) is 3.26. The summed E-state index contributed by atoms with van der Waals surface area (Å²) in [6.45, 7) is 0. The Labute approximate surface area is 129 Å². The fraction of sp³-hybridized carbons (Fsp3) is 0.308. The molecule has 0 aliphatic heterocycles. The highest BCUT2D eigenvalue weighted by Crippen LogP contribution is 2.43. The number of Topliss-reactive ketones (excluding diaryl/α,β-unsaturated/α-hetero) is 1. The molecule has 0 amide bonds. The van der Waals surface area contributed by atoms with Gasteiger partial charge in [-0.15, -0.1) is 0 Å². The van der Waals surface area contributed by atoms with Crippen LogP contribution in [0.3, 0.4) is 0 Å². The number of nitrogens with two attached hydrogens (primary N) is 1. The fourth-order valence-electron chi connectivity index (χ4n) is 2.24. The minimum absolute atomic E-state index is 0.273. The molecule has 0 saturated heterocycles. The van der Waals surface area contributed by atoms with Gasteiger partial charge in [-0.2, -0.15) is 26.3 Å².